The van der Waals surface area contributed by atoms with Gasteiger partial charge < -0.3 is 15.0 Å². The molecule has 0 amide bonds. The Morgan fingerprint density at radius 2 is 2.28 bits per heavy atom. The Bertz CT molecular complexity index is 334. The maximum absolute atomic E-state index is 5.59. The van der Waals surface area contributed by atoms with Gasteiger partial charge in [-0.05, 0) is 45.3 Å². The first-order valence-electron chi connectivity index (χ1n) is 6.75. The van der Waals surface area contributed by atoms with Crippen LogP contribution < -0.4 is 5.32 Å². The lowest BCUT2D eigenvalue weighted by Gasteiger charge is -2.37. The third-order valence-electron chi connectivity index (χ3n) is 3.59. The molecular formula is C14H24N2OS. The zero-order valence-electron chi connectivity index (χ0n) is 11.6. The predicted molar refractivity (Wildman–Crippen MR) is 77.2 cm³/mol. The zero-order valence-corrected chi connectivity index (χ0v) is 12.4. The number of likely N-dealkylation sites (N-methyl/N-ethyl adjacent to an activating group) is 1. The van der Waals surface area contributed by atoms with Gasteiger partial charge in [-0.1, -0.05) is 6.07 Å². The number of thiophene rings is 1. The second kappa shape index (κ2) is 6.66. The summed E-state index contributed by atoms with van der Waals surface area (Å²) in [5.74, 6) is 0. The quantitative estimate of drug-likeness (QED) is 0.822. The molecule has 3 nitrogen and oxygen atoms in total. The highest BCUT2D eigenvalue weighted by atomic mass is 32.1. The van der Waals surface area contributed by atoms with Crippen molar-refractivity contribution < 1.29 is 4.74 Å². The minimum atomic E-state index is 0.483. The second-order valence-corrected chi connectivity index (χ2v) is 6.13. The maximum atomic E-state index is 5.59. The van der Waals surface area contributed by atoms with Crippen LogP contribution in [0.1, 0.15) is 30.7 Å². The Hall–Kier alpha value is -0.420. The lowest BCUT2D eigenvalue weighted by Crippen LogP contribution is -2.47. The Labute approximate surface area is 114 Å². The Morgan fingerprint density at radius 1 is 1.50 bits per heavy atom. The molecule has 2 rings (SSSR count). The SMILES string of the molecule is CCOC1CC(NCC(c2cccs2)N(C)C)C1. The van der Waals surface area contributed by atoms with Crippen molar-refractivity contribution in [2.45, 2.75) is 38.0 Å². The minimum absolute atomic E-state index is 0.483. The highest BCUT2D eigenvalue weighted by molar-refractivity contribution is 7.10. The van der Waals surface area contributed by atoms with E-state index in [2.05, 4.69) is 48.7 Å². The summed E-state index contributed by atoms with van der Waals surface area (Å²) in [5, 5.41) is 5.82. The fourth-order valence-corrected chi connectivity index (χ4v) is 3.32. The van der Waals surface area contributed by atoms with Crippen molar-refractivity contribution in [3.8, 4) is 0 Å². The molecular weight excluding hydrogens is 244 g/mol. The van der Waals surface area contributed by atoms with Crippen LogP contribution in [0.4, 0.5) is 0 Å². The maximum Gasteiger partial charge on any atom is 0.0604 e. The van der Waals surface area contributed by atoms with Crippen LogP contribution >= 0.6 is 11.3 Å². The molecule has 0 spiro atoms. The van der Waals surface area contributed by atoms with Gasteiger partial charge in [0.2, 0.25) is 0 Å². The highest BCUT2D eigenvalue weighted by Crippen LogP contribution is 2.26. The molecule has 1 saturated carbocycles. The van der Waals surface area contributed by atoms with E-state index in [9.17, 15) is 0 Å². The molecule has 1 heterocycles. The van der Waals surface area contributed by atoms with Gasteiger partial charge in [-0.15, -0.1) is 11.3 Å². The van der Waals surface area contributed by atoms with E-state index in [-0.39, 0.29) is 0 Å². The van der Waals surface area contributed by atoms with Gasteiger partial charge in [-0.3, -0.25) is 0 Å². The van der Waals surface area contributed by atoms with Gasteiger partial charge in [0, 0.05) is 24.1 Å². The van der Waals surface area contributed by atoms with E-state index in [1.807, 2.05) is 11.3 Å². The summed E-state index contributed by atoms with van der Waals surface area (Å²) in [6.45, 7) is 3.93. The summed E-state index contributed by atoms with van der Waals surface area (Å²) < 4.78 is 5.59. The van der Waals surface area contributed by atoms with Crippen molar-refractivity contribution in [3.63, 3.8) is 0 Å². The molecule has 0 aliphatic heterocycles. The molecule has 1 aromatic heterocycles. The predicted octanol–water partition coefficient (Wildman–Crippen LogP) is 2.51. The molecule has 1 unspecified atom stereocenters. The Balaban J connectivity index is 1.75. The topological polar surface area (TPSA) is 24.5 Å². The van der Waals surface area contributed by atoms with Crippen LogP contribution in [0.3, 0.4) is 0 Å². The fraction of sp³-hybridized carbons (Fsp3) is 0.714. The molecule has 0 saturated heterocycles. The van der Waals surface area contributed by atoms with E-state index in [0.29, 0.717) is 18.2 Å². The highest BCUT2D eigenvalue weighted by Gasteiger charge is 2.29. The number of nitrogens with zero attached hydrogens (tertiary/aromatic N) is 1. The van der Waals surface area contributed by atoms with E-state index < -0.39 is 0 Å². The van der Waals surface area contributed by atoms with Crippen LogP contribution in [-0.4, -0.2) is 44.3 Å². The standard InChI is InChI=1S/C14H24N2OS/c1-4-17-12-8-11(9-12)15-10-13(16(2)3)14-6-5-7-18-14/h5-7,11-13,15H,4,8-10H2,1-3H3. The number of hydrogen-bond donors (Lipinski definition) is 1. The van der Waals surface area contributed by atoms with E-state index >= 15 is 0 Å². The van der Waals surface area contributed by atoms with E-state index in [1.165, 1.54) is 17.7 Å². The van der Waals surface area contributed by atoms with Crippen LogP contribution in [0.5, 0.6) is 0 Å². The van der Waals surface area contributed by atoms with Crippen molar-refractivity contribution in [1.29, 1.82) is 0 Å². The molecule has 1 aliphatic rings. The van der Waals surface area contributed by atoms with Gasteiger partial charge in [0.25, 0.3) is 0 Å². The molecule has 0 radical (unpaired) electrons. The summed E-state index contributed by atoms with van der Waals surface area (Å²) in [4.78, 5) is 3.73. The smallest absolute Gasteiger partial charge is 0.0604 e. The van der Waals surface area contributed by atoms with Gasteiger partial charge in [0.1, 0.15) is 0 Å². The van der Waals surface area contributed by atoms with E-state index in [1.54, 1.807) is 0 Å². The molecule has 102 valence electrons. The third kappa shape index (κ3) is 3.54. The molecule has 0 aromatic carbocycles. The number of hydrogen-bond acceptors (Lipinski definition) is 4. The average molecular weight is 268 g/mol. The Morgan fingerprint density at radius 3 is 2.83 bits per heavy atom. The molecule has 1 atom stereocenters. The van der Waals surface area contributed by atoms with Gasteiger partial charge in [0.15, 0.2) is 0 Å². The van der Waals surface area contributed by atoms with Crippen LogP contribution in [0.15, 0.2) is 17.5 Å². The second-order valence-electron chi connectivity index (χ2n) is 5.15. The summed E-state index contributed by atoms with van der Waals surface area (Å²) >= 11 is 1.84. The fourth-order valence-electron chi connectivity index (χ4n) is 2.40. The first-order chi connectivity index (χ1) is 8.70. The van der Waals surface area contributed by atoms with Crippen LogP contribution in [0, 0.1) is 0 Å². The molecule has 1 N–H and O–H groups in total. The molecule has 4 heteroatoms. The van der Waals surface area contributed by atoms with Crippen molar-refractivity contribution in [1.82, 2.24) is 10.2 Å². The summed E-state index contributed by atoms with van der Waals surface area (Å²) in [7, 11) is 4.30. The van der Waals surface area contributed by atoms with Gasteiger partial charge in [0.05, 0.1) is 12.1 Å². The monoisotopic (exact) mass is 268 g/mol. The normalized spacial score (nSPS) is 25.1. The lowest BCUT2D eigenvalue weighted by atomic mass is 9.89. The first kappa shape index (κ1) is 14.0. The molecule has 18 heavy (non-hydrogen) atoms. The summed E-state index contributed by atoms with van der Waals surface area (Å²) in [6.07, 6.45) is 2.82. The number of nitrogens with one attached hydrogen (secondary N) is 1. The van der Waals surface area contributed by atoms with Crippen LogP contribution in [0.2, 0.25) is 0 Å². The number of rotatable bonds is 7. The minimum Gasteiger partial charge on any atom is -0.378 e. The first-order valence-corrected chi connectivity index (χ1v) is 7.63. The van der Waals surface area contributed by atoms with Crippen molar-refractivity contribution in [2.75, 3.05) is 27.2 Å². The van der Waals surface area contributed by atoms with Gasteiger partial charge in [-0.2, -0.15) is 0 Å². The molecule has 1 fully saturated rings. The van der Waals surface area contributed by atoms with E-state index in [4.69, 9.17) is 4.74 Å². The van der Waals surface area contributed by atoms with E-state index in [0.717, 1.165) is 13.2 Å². The van der Waals surface area contributed by atoms with Crippen molar-refractivity contribution >= 4 is 11.3 Å². The summed E-state index contributed by atoms with van der Waals surface area (Å²) in [6, 6.07) is 5.48. The number of ether oxygens (including phenoxy) is 1. The molecule has 0 bridgehead atoms. The van der Waals surface area contributed by atoms with Crippen LogP contribution in [0.25, 0.3) is 0 Å². The largest absolute Gasteiger partial charge is 0.378 e. The Kier molecular flexibility index (Phi) is 5.18. The van der Waals surface area contributed by atoms with Gasteiger partial charge in [-0.25, -0.2) is 0 Å². The molecule has 1 aliphatic carbocycles. The average Bonchev–Trinajstić information content (AvgIpc) is 2.78. The van der Waals surface area contributed by atoms with Gasteiger partial charge >= 0.3 is 0 Å². The third-order valence-corrected chi connectivity index (χ3v) is 4.57. The lowest BCUT2D eigenvalue weighted by molar-refractivity contribution is -0.0109. The van der Waals surface area contributed by atoms with Crippen molar-refractivity contribution in [2.24, 2.45) is 0 Å². The van der Waals surface area contributed by atoms with Crippen LogP contribution in [-0.2, 0) is 4.74 Å². The zero-order chi connectivity index (χ0) is 13.0. The summed E-state index contributed by atoms with van der Waals surface area (Å²) in [5.41, 5.74) is 0. The molecule has 1 aromatic rings. The van der Waals surface area contributed by atoms with Crippen molar-refractivity contribution in [3.05, 3.63) is 22.4 Å².